The first-order valence-corrected chi connectivity index (χ1v) is 0. The number of rotatable bonds is 0. The molecule has 0 rings (SSSR count). The standard InChI is InChI=1S/Gd.3H2O/h;3*1H2. The fourth-order valence-corrected chi connectivity index (χ4v) is 0. The van der Waals surface area contributed by atoms with Gasteiger partial charge in [0.1, 0.15) is 0 Å². The number of hydrogen-bond acceptors (Lipinski definition) is 0. The molecule has 0 spiro atoms. The molecule has 0 saturated heterocycles. The van der Waals surface area contributed by atoms with Crippen molar-refractivity contribution < 1.29 is 56.4 Å². The van der Waals surface area contributed by atoms with Crippen molar-refractivity contribution in [3.8, 4) is 0 Å². The summed E-state index contributed by atoms with van der Waals surface area (Å²) < 4.78 is 0. The van der Waals surface area contributed by atoms with E-state index in [2.05, 4.69) is 0 Å². The third-order valence-electron chi connectivity index (χ3n) is 0. The van der Waals surface area contributed by atoms with Crippen LogP contribution in [0.3, 0.4) is 0 Å². The molecule has 0 unspecified atom stereocenters. The zero-order valence-electron chi connectivity index (χ0n) is 1.85. The van der Waals surface area contributed by atoms with Gasteiger partial charge in [0.15, 0.2) is 0 Å². The van der Waals surface area contributed by atoms with Gasteiger partial charge in [-0.15, -0.1) is 0 Å². The van der Waals surface area contributed by atoms with E-state index in [4.69, 9.17) is 0 Å². The third-order valence-corrected chi connectivity index (χ3v) is 0. The zero-order chi connectivity index (χ0) is 0. The van der Waals surface area contributed by atoms with Crippen LogP contribution in [0.2, 0.25) is 0 Å². The van der Waals surface area contributed by atoms with Crippen LogP contribution in [0.15, 0.2) is 0 Å². The SMILES string of the molecule is O.O.O.[Gd]. The minimum absolute atomic E-state index is 0. The summed E-state index contributed by atoms with van der Waals surface area (Å²) in [6.45, 7) is 0. The van der Waals surface area contributed by atoms with Crippen molar-refractivity contribution in [2.75, 3.05) is 0 Å². The van der Waals surface area contributed by atoms with Crippen LogP contribution in [0, 0.1) is 39.9 Å². The van der Waals surface area contributed by atoms with E-state index in [0.717, 1.165) is 0 Å². The second kappa shape index (κ2) is 29.8. The minimum atomic E-state index is 0. The fraction of sp³-hybridized carbons (Fsp3) is 0. The van der Waals surface area contributed by atoms with E-state index in [9.17, 15) is 0 Å². The van der Waals surface area contributed by atoms with Gasteiger partial charge in [-0.2, -0.15) is 0 Å². The smallest absolute Gasteiger partial charge is 0 e. The Hall–Kier alpha value is 1.20. The first kappa shape index (κ1) is 63.4. The van der Waals surface area contributed by atoms with E-state index < -0.39 is 0 Å². The summed E-state index contributed by atoms with van der Waals surface area (Å²) in [6.07, 6.45) is 0. The molecule has 0 saturated carbocycles. The Balaban J connectivity index is 0. The van der Waals surface area contributed by atoms with E-state index >= 15 is 0 Å². The molecule has 0 aromatic heterocycles. The van der Waals surface area contributed by atoms with Gasteiger partial charge < -0.3 is 16.4 Å². The van der Waals surface area contributed by atoms with Crippen molar-refractivity contribution in [3.63, 3.8) is 0 Å². The van der Waals surface area contributed by atoms with Crippen LogP contribution in [0.5, 0.6) is 0 Å². The summed E-state index contributed by atoms with van der Waals surface area (Å²) >= 11 is 0. The molecule has 32 valence electrons. The van der Waals surface area contributed by atoms with Crippen molar-refractivity contribution in [1.82, 2.24) is 0 Å². The molecule has 0 aliphatic rings. The normalized spacial score (nSPS) is 0. The van der Waals surface area contributed by atoms with E-state index in [0.29, 0.717) is 0 Å². The molecule has 0 aliphatic carbocycles. The molecule has 0 aromatic carbocycles. The van der Waals surface area contributed by atoms with Gasteiger partial charge >= 0.3 is 0 Å². The molecule has 0 heterocycles. The molecule has 6 N–H and O–H groups in total. The number of hydrogen-bond donors (Lipinski definition) is 0. The van der Waals surface area contributed by atoms with Gasteiger partial charge in [-0.05, 0) is 0 Å². The predicted octanol–water partition coefficient (Wildman–Crippen LogP) is -2.47. The van der Waals surface area contributed by atoms with Crippen molar-refractivity contribution in [1.29, 1.82) is 0 Å². The topological polar surface area (TPSA) is 94.5 Å². The summed E-state index contributed by atoms with van der Waals surface area (Å²) in [5.74, 6) is 0. The summed E-state index contributed by atoms with van der Waals surface area (Å²) in [5.41, 5.74) is 0. The average molecular weight is 211 g/mol. The van der Waals surface area contributed by atoms with Crippen LogP contribution in [0.25, 0.3) is 0 Å². The molecule has 0 atom stereocenters. The first-order valence-electron chi connectivity index (χ1n) is 0. The average Bonchev–Trinajstić information content (AvgIpc) is 0. The first-order chi connectivity index (χ1) is 0. The Bertz CT molecular complexity index is 3.25. The van der Waals surface area contributed by atoms with Gasteiger partial charge in [0.05, 0.1) is 0 Å². The van der Waals surface area contributed by atoms with Gasteiger partial charge in [-0.25, -0.2) is 0 Å². The monoisotopic (exact) mass is 212 g/mol. The van der Waals surface area contributed by atoms with Crippen LogP contribution >= 0.6 is 0 Å². The van der Waals surface area contributed by atoms with E-state index in [1.54, 1.807) is 0 Å². The Morgan fingerprint density at radius 2 is 0.500 bits per heavy atom. The second-order valence-corrected chi connectivity index (χ2v) is 0. The second-order valence-electron chi connectivity index (χ2n) is 0. The molecule has 3 nitrogen and oxygen atoms in total. The molecule has 0 bridgehead atoms. The predicted molar refractivity (Wildman–Crippen MR) is 10.8 cm³/mol. The molecule has 0 aliphatic heterocycles. The van der Waals surface area contributed by atoms with Crippen LogP contribution in [-0.2, 0) is 0 Å². The molecule has 0 aromatic rings. The van der Waals surface area contributed by atoms with Gasteiger partial charge in [-0.1, -0.05) is 0 Å². The maximum atomic E-state index is 0. The maximum absolute atomic E-state index is 0. The summed E-state index contributed by atoms with van der Waals surface area (Å²) in [5, 5.41) is 0. The van der Waals surface area contributed by atoms with Gasteiger partial charge in [0.25, 0.3) is 0 Å². The van der Waals surface area contributed by atoms with Gasteiger partial charge in [0, 0.05) is 39.9 Å². The summed E-state index contributed by atoms with van der Waals surface area (Å²) in [6, 6.07) is 0. The molecule has 0 fully saturated rings. The minimum Gasteiger partial charge on any atom is -0.412 e. The largest absolute Gasteiger partial charge is 0.412 e. The molecular formula is H6GdO3. The van der Waals surface area contributed by atoms with Crippen molar-refractivity contribution in [2.24, 2.45) is 0 Å². The van der Waals surface area contributed by atoms with Crippen LogP contribution in [-0.4, -0.2) is 16.4 Å². The van der Waals surface area contributed by atoms with E-state index in [1.165, 1.54) is 0 Å². The fourth-order valence-electron chi connectivity index (χ4n) is 0. The van der Waals surface area contributed by atoms with Crippen molar-refractivity contribution in [2.45, 2.75) is 0 Å². The summed E-state index contributed by atoms with van der Waals surface area (Å²) in [7, 11) is 0. The third kappa shape index (κ3) is 10.7. The van der Waals surface area contributed by atoms with E-state index in [-0.39, 0.29) is 56.4 Å². The van der Waals surface area contributed by atoms with Crippen LogP contribution < -0.4 is 0 Å². The zero-order valence-corrected chi connectivity index (χ0v) is 4.12. The van der Waals surface area contributed by atoms with E-state index in [1.807, 2.05) is 0 Å². The summed E-state index contributed by atoms with van der Waals surface area (Å²) in [4.78, 5) is 0. The molecular weight excluding hydrogens is 205 g/mol. The van der Waals surface area contributed by atoms with Crippen LogP contribution in [0.4, 0.5) is 0 Å². The Morgan fingerprint density at radius 1 is 0.500 bits per heavy atom. The van der Waals surface area contributed by atoms with Crippen molar-refractivity contribution >= 4 is 0 Å². The maximum Gasteiger partial charge on any atom is 0 e. The van der Waals surface area contributed by atoms with Gasteiger partial charge in [-0.3, -0.25) is 0 Å². The van der Waals surface area contributed by atoms with Crippen LogP contribution in [0.1, 0.15) is 0 Å². The Labute approximate surface area is 56.0 Å². The molecule has 4 heteroatoms. The van der Waals surface area contributed by atoms with Crippen molar-refractivity contribution in [3.05, 3.63) is 0 Å². The Morgan fingerprint density at radius 3 is 0.500 bits per heavy atom. The Kier molecular flexibility index (Phi) is 472. The quantitative estimate of drug-likeness (QED) is 0.424. The molecule has 0 radical (unpaired) electrons. The molecule has 0 amide bonds. The van der Waals surface area contributed by atoms with Gasteiger partial charge in [0.2, 0.25) is 0 Å². The molecule has 4 heavy (non-hydrogen) atoms.